The lowest BCUT2D eigenvalue weighted by atomic mass is 9.86. The Morgan fingerprint density at radius 2 is 1.73 bits per heavy atom. The predicted octanol–water partition coefficient (Wildman–Crippen LogP) is 4.78. The quantitative estimate of drug-likeness (QED) is 0.559. The number of carbonyl (C=O) groups excluding carboxylic acids is 1. The molecule has 2 aromatic carbocycles. The van der Waals surface area contributed by atoms with Crippen molar-refractivity contribution in [2.45, 2.75) is 50.4 Å². The van der Waals surface area contributed by atoms with Crippen LogP contribution in [0.2, 0.25) is 0 Å². The molecule has 2 atom stereocenters. The number of nitrogens with one attached hydrogen (secondary N) is 1. The third-order valence-electron chi connectivity index (χ3n) is 5.72. The van der Waals surface area contributed by atoms with Crippen molar-refractivity contribution in [3.63, 3.8) is 0 Å². The van der Waals surface area contributed by atoms with Gasteiger partial charge in [0.2, 0.25) is 5.91 Å². The maximum absolute atomic E-state index is 12.6. The molecule has 1 aliphatic carbocycles. The molecular weight excluding hydrogens is 392 g/mol. The summed E-state index contributed by atoms with van der Waals surface area (Å²) < 4.78 is 2.10. The number of thioether (sulfide) groups is 1. The fraction of sp³-hybridized carbons (Fsp3) is 0.375. The van der Waals surface area contributed by atoms with E-state index in [2.05, 4.69) is 39.1 Å². The van der Waals surface area contributed by atoms with Crippen LogP contribution in [0.1, 0.15) is 38.2 Å². The third kappa shape index (κ3) is 5.11. The van der Waals surface area contributed by atoms with E-state index in [9.17, 15) is 4.79 Å². The molecule has 0 aliphatic heterocycles. The summed E-state index contributed by atoms with van der Waals surface area (Å²) in [5.41, 5.74) is 2.20. The summed E-state index contributed by atoms with van der Waals surface area (Å²) in [5.74, 6) is 1.81. The Morgan fingerprint density at radius 1 is 1.03 bits per heavy atom. The zero-order valence-electron chi connectivity index (χ0n) is 17.3. The van der Waals surface area contributed by atoms with E-state index in [1.165, 1.54) is 36.6 Å². The van der Waals surface area contributed by atoms with Crippen molar-refractivity contribution < 1.29 is 4.79 Å². The molecule has 30 heavy (non-hydrogen) atoms. The van der Waals surface area contributed by atoms with Gasteiger partial charge in [-0.05, 0) is 24.3 Å². The summed E-state index contributed by atoms with van der Waals surface area (Å²) >= 11 is 1.46. The van der Waals surface area contributed by atoms with E-state index in [-0.39, 0.29) is 5.91 Å². The SMILES string of the molecule is C[C@H]1CCCC[C@@H]1NC(=O)CSc1nnc(-c2ccccc2)n1Cc1ccccc1. The maximum atomic E-state index is 12.6. The van der Waals surface area contributed by atoms with Crippen molar-refractivity contribution in [3.05, 3.63) is 66.2 Å². The number of aromatic nitrogens is 3. The van der Waals surface area contributed by atoms with Gasteiger partial charge in [-0.3, -0.25) is 9.36 Å². The molecule has 0 saturated heterocycles. The minimum atomic E-state index is 0.0780. The lowest BCUT2D eigenvalue weighted by Crippen LogP contribution is -2.41. The first-order chi connectivity index (χ1) is 14.7. The van der Waals surface area contributed by atoms with Crippen LogP contribution in [0.4, 0.5) is 0 Å². The molecule has 1 N–H and O–H groups in total. The Bertz CT molecular complexity index is 958. The van der Waals surface area contributed by atoms with Crippen molar-refractivity contribution >= 4 is 17.7 Å². The van der Waals surface area contributed by atoms with Gasteiger partial charge in [0, 0.05) is 11.6 Å². The lowest BCUT2D eigenvalue weighted by Gasteiger charge is -2.29. The molecule has 1 saturated carbocycles. The van der Waals surface area contributed by atoms with E-state index in [0.29, 0.717) is 24.3 Å². The van der Waals surface area contributed by atoms with E-state index in [4.69, 9.17) is 0 Å². The van der Waals surface area contributed by atoms with Crippen molar-refractivity contribution in [1.82, 2.24) is 20.1 Å². The van der Waals surface area contributed by atoms with Gasteiger partial charge < -0.3 is 5.32 Å². The summed E-state index contributed by atoms with van der Waals surface area (Å²) in [6.45, 7) is 2.90. The van der Waals surface area contributed by atoms with Gasteiger partial charge in [0.15, 0.2) is 11.0 Å². The Balaban J connectivity index is 1.49. The molecule has 156 valence electrons. The fourth-order valence-corrected chi connectivity index (χ4v) is 4.76. The molecule has 1 aromatic heterocycles. The molecule has 3 aromatic rings. The highest BCUT2D eigenvalue weighted by Gasteiger charge is 2.23. The molecule has 1 amide bonds. The van der Waals surface area contributed by atoms with Gasteiger partial charge >= 0.3 is 0 Å². The maximum Gasteiger partial charge on any atom is 0.230 e. The van der Waals surface area contributed by atoms with E-state index in [1.807, 2.05) is 48.5 Å². The Hall–Kier alpha value is -2.60. The van der Waals surface area contributed by atoms with E-state index in [1.54, 1.807) is 0 Å². The molecular formula is C24H28N4OS. The molecule has 1 aliphatic rings. The minimum Gasteiger partial charge on any atom is -0.352 e. The number of amides is 1. The second-order valence-electron chi connectivity index (χ2n) is 7.97. The summed E-state index contributed by atoms with van der Waals surface area (Å²) in [6, 6.07) is 20.7. The van der Waals surface area contributed by atoms with Crippen molar-refractivity contribution in [1.29, 1.82) is 0 Å². The molecule has 0 radical (unpaired) electrons. The summed E-state index contributed by atoms with van der Waals surface area (Å²) in [4.78, 5) is 12.6. The second-order valence-corrected chi connectivity index (χ2v) is 8.91. The minimum absolute atomic E-state index is 0.0780. The molecule has 5 nitrogen and oxygen atoms in total. The Kier molecular flexibility index (Phi) is 6.84. The van der Waals surface area contributed by atoms with Gasteiger partial charge in [0.05, 0.1) is 12.3 Å². The summed E-state index contributed by atoms with van der Waals surface area (Å²) in [6.07, 6.45) is 4.76. The number of hydrogen-bond donors (Lipinski definition) is 1. The number of rotatable bonds is 7. The van der Waals surface area contributed by atoms with Crippen LogP contribution >= 0.6 is 11.8 Å². The highest BCUT2D eigenvalue weighted by atomic mass is 32.2. The topological polar surface area (TPSA) is 59.8 Å². The van der Waals surface area contributed by atoms with Gasteiger partial charge in [-0.2, -0.15) is 0 Å². The number of hydrogen-bond acceptors (Lipinski definition) is 4. The first-order valence-corrected chi connectivity index (χ1v) is 11.6. The molecule has 0 bridgehead atoms. The van der Waals surface area contributed by atoms with Crippen molar-refractivity contribution in [2.75, 3.05) is 5.75 Å². The van der Waals surface area contributed by atoms with Crippen LogP contribution in [0.5, 0.6) is 0 Å². The number of benzene rings is 2. The zero-order valence-corrected chi connectivity index (χ0v) is 18.1. The van der Waals surface area contributed by atoms with Crippen LogP contribution in [0, 0.1) is 5.92 Å². The second kappa shape index (κ2) is 9.94. The summed E-state index contributed by atoms with van der Waals surface area (Å²) in [5, 5.41) is 12.9. The van der Waals surface area contributed by atoms with Crippen molar-refractivity contribution in [3.8, 4) is 11.4 Å². The van der Waals surface area contributed by atoms with Crippen LogP contribution in [0.15, 0.2) is 65.8 Å². The highest BCUT2D eigenvalue weighted by Crippen LogP contribution is 2.26. The molecule has 6 heteroatoms. The predicted molar refractivity (Wildman–Crippen MR) is 121 cm³/mol. The third-order valence-corrected chi connectivity index (χ3v) is 6.69. The lowest BCUT2D eigenvalue weighted by molar-refractivity contribution is -0.119. The van der Waals surface area contributed by atoms with Gasteiger partial charge in [-0.1, -0.05) is 92.2 Å². The van der Waals surface area contributed by atoms with Gasteiger partial charge in [0.1, 0.15) is 0 Å². The van der Waals surface area contributed by atoms with Crippen LogP contribution in [-0.2, 0) is 11.3 Å². The molecule has 0 spiro atoms. The molecule has 1 heterocycles. The zero-order chi connectivity index (χ0) is 20.8. The van der Waals surface area contributed by atoms with E-state index >= 15 is 0 Å². The fourth-order valence-electron chi connectivity index (χ4n) is 4.01. The van der Waals surface area contributed by atoms with E-state index in [0.717, 1.165) is 23.0 Å². The Morgan fingerprint density at radius 3 is 2.47 bits per heavy atom. The van der Waals surface area contributed by atoms with Gasteiger partial charge in [-0.25, -0.2) is 0 Å². The molecule has 0 unspecified atom stereocenters. The van der Waals surface area contributed by atoms with Crippen LogP contribution in [0.25, 0.3) is 11.4 Å². The summed E-state index contributed by atoms with van der Waals surface area (Å²) in [7, 11) is 0. The van der Waals surface area contributed by atoms with Crippen molar-refractivity contribution in [2.24, 2.45) is 5.92 Å². The van der Waals surface area contributed by atoms with Gasteiger partial charge in [-0.15, -0.1) is 10.2 Å². The van der Waals surface area contributed by atoms with Crippen LogP contribution in [0.3, 0.4) is 0 Å². The standard InChI is InChI=1S/C24H28N4OS/c1-18-10-8-9-15-21(18)25-22(29)17-30-24-27-26-23(20-13-6-3-7-14-20)28(24)16-19-11-4-2-5-12-19/h2-7,11-14,18,21H,8-10,15-17H2,1H3,(H,25,29)/t18-,21-/m0/s1. The first kappa shape index (κ1) is 20.7. The Labute approximate surface area is 182 Å². The monoisotopic (exact) mass is 420 g/mol. The first-order valence-electron chi connectivity index (χ1n) is 10.7. The molecule has 4 rings (SSSR count). The van der Waals surface area contributed by atoms with Crippen LogP contribution < -0.4 is 5.32 Å². The average molecular weight is 421 g/mol. The largest absolute Gasteiger partial charge is 0.352 e. The van der Waals surface area contributed by atoms with Gasteiger partial charge in [0.25, 0.3) is 0 Å². The van der Waals surface area contributed by atoms with Crippen LogP contribution in [-0.4, -0.2) is 32.5 Å². The highest BCUT2D eigenvalue weighted by molar-refractivity contribution is 7.99. The number of nitrogens with zero attached hydrogens (tertiary/aromatic N) is 3. The van der Waals surface area contributed by atoms with E-state index < -0.39 is 0 Å². The number of carbonyl (C=O) groups is 1. The smallest absolute Gasteiger partial charge is 0.230 e. The average Bonchev–Trinajstić information content (AvgIpc) is 3.17. The normalized spacial score (nSPS) is 18.8. The molecule has 1 fully saturated rings.